The molecule has 2 nitrogen and oxygen atoms in total. The SMILES string of the molecule is Cc1ccc(NC=CC(=O)c2cc(C)ccc2C)c(F)c1. The molecule has 2 rings (SSSR count). The van der Waals surface area contributed by atoms with Crippen molar-refractivity contribution in [3.63, 3.8) is 0 Å². The summed E-state index contributed by atoms with van der Waals surface area (Å²) in [6, 6.07) is 10.7. The van der Waals surface area contributed by atoms with Gasteiger partial charge in [0.1, 0.15) is 5.82 Å². The molecule has 0 unspecified atom stereocenters. The molecule has 3 heteroatoms. The van der Waals surface area contributed by atoms with E-state index in [1.807, 2.05) is 45.0 Å². The van der Waals surface area contributed by atoms with Gasteiger partial charge in [0.15, 0.2) is 5.78 Å². The number of aryl methyl sites for hydroxylation is 3. The van der Waals surface area contributed by atoms with Gasteiger partial charge in [-0.1, -0.05) is 23.8 Å². The number of nitrogens with one attached hydrogen (secondary N) is 1. The number of allylic oxidation sites excluding steroid dienone is 1. The average molecular weight is 283 g/mol. The molecule has 0 aromatic heterocycles. The van der Waals surface area contributed by atoms with E-state index >= 15 is 0 Å². The molecule has 0 saturated carbocycles. The summed E-state index contributed by atoms with van der Waals surface area (Å²) in [4.78, 5) is 12.1. The molecule has 0 heterocycles. The lowest BCUT2D eigenvalue weighted by molar-refractivity contribution is 0.104. The molecule has 0 bridgehead atoms. The number of hydrogen-bond donors (Lipinski definition) is 1. The van der Waals surface area contributed by atoms with Crippen LogP contribution in [0, 0.1) is 26.6 Å². The summed E-state index contributed by atoms with van der Waals surface area (Å²) >= 11 is 0. The Labute approximate surface area is 124 Å². The molecule has 1 N–H and O–H groups in total. The van der Waals surface area contributed by atoms with E-state index in [0.717, 1.165) is 16.7 Å². The number of carbonyl (C=O) groups is 1. The van der Waals surface area contributed by atoms with Crippen LogP contribution in [-0.4, -0.2) is 5.78 Å². The Bertz CT molecular complexity index is 704. The minimum atomic E-state index is -0.334. The van der Waals surface area contributed by atoms with E-state index in [-0.39, 0.29) is 11.6 Å². The molecule has 0 spiro atoms. The van der Waals surface area contributed by atoms with Crippen molar-refractivity contribution in [2.24, 2.45) is 0 Å². The number of ketones is 1. The number of benzene rings is 2. The Morgan fingerprint density at radius 3 is 2.43 bits per heavy atom. The van der Waals surface area contributed by atoms with Crippen molar-refractivity contribution in [1.82, 2.24) is 0 Å². The maximum Gasteiger partial charge on any atom is 0.187 e. The number of hydrogen-bond acceptors (Lipinski definition) is 2. The molecular formula is C18H18FNO. The third-order valence-corrected chi connectivity index (χ3v) is 3.26. The largest absolute Gasteiger partial charge is 0.359 e. The summed E-state index contributed by atoms with van der Waals surface area (Å²) in [6.45, 7) is 5.67. The molecule has 108 valence electrons. The summed E-state index contributed by atoms with van der Waals surface area (Å²) in [5, 5.41) is 2.80. The van der Waals surface area contributed by atoms with Crippen LogP contribution in [0.4, 0.5) is 10.1 Å². The normalized spacial score (nSPS) is 10.9. The fourth-order valence-electron chi connectivity index (χ4n) is 2.04. The maximum absolute atomic E-state index is 13.6. The van der Waals surface area contributed by atoms with Crippen LogP contribution in [0.25, 0.3) is 0 Å². The molecule has 0 saturated heterocycles. The van der Waals surface area contributed by atoms with Crippen LogP contribution >= 0.6 is 0 Å². The zero-order valence-corrected chi connectivity index (χ0v) is 12.4. The maximum atomic E-state index is 13.6. The van der Waals surface area contributed by atoms with Crippen LogP contribution in [0.15, 0.2) is 48.7 Å². The lowest BCUT2D eigenvalue weighted by Gasteiger charge is -2.05. The van der Waals surface area contributed by atoms with Gasteiger partial charge in [0, 0.05) is 17.8 Å². The lowest BCUT2D eigenvalue weighted by Crippen LogP contribution is -2.00. The Balaban J connectivity index is 2.10. The zero-order valence-electron chi connectivity index (χ0n) is 12.4. The molecular weight excluding hydrogens is 265 g/mol. The Morgan fingerprint density at radius 2 is 1.71 bits per heavy atom. The monoisotopic (exact) mass is 283 g/mol. The van der Waals surface area contributed by atoms with Gasteiger partial charge < -0.3 is 5.32 Å². The second kappa shape index (κ2) is 6.35. The van der Waals surface area contributed by atoms with Crippen molar-refractivity contribution < 1.29 is 9.18 Å². The van der Waals surface area contributed by atoms with Gasteiger partial charge in [0.2, 0.25) is 0 Å². The number of rotatable bonds is 4. The van der Waals surface area contributed by atoms with E-state index in [9.17, 15) is 9.18 Å². The Kier molecular flexibility index (Phi) is 4.53. The Morgan fingerprint density at radius 1 is 1.05 bits per heavy atom. The highest BCUT2D eigenvalue weighted by atomic mass is 19.1. The molecule has 2 aromatic carbocycles. The van der Waals surface area contributed by atoms with Crippen LogP contribution < -0.4 is 5.32 Å². The second-order valence-corrected chi connectivity index (χ2v) is 5.14. The van der Waals surface area contributed by atoms with Crippen molar-refractivity contribution in [3.8, 4) is 0 Å². The fraction of sp³-hybridized carbons (Fsp3) is 0.167. The highest BCUT2D eigenvalue weighted by Crippen LogP contribution is 2.16. The van der Waals surface area contributed by atoms with Crippen LogP contribution in [0.2, 0.25) is 0 Å². The first-order valence-corrected chi connectivity index (χ1v) is 6.78. The second-order valence-electron chi connectivity index (χ2n) is 5.14. The zero-order chi connectivity index (χ0) is 15.4. The lowest BCUT2D eigenvalue weighted by atomic mass is 10.0. The van der Waals surface area contributed by atoms with Crippen molar-refractivity contribution in [1.29, 1.82) is 0 Å². The van der Waals surface area contributed by atoms with E-state index in [1.165, 1.54) is 18.3 Å². The summed E-state index contributed by atoms with van der Waals surface area (Å²) < 4.78 is 13.6. The highest BCUT2D eigenvalue weighted by molar-refractivity contribution is 6.05. The smallest absolute Gasteiger partial charge is 0.187 e. The quantitative estimate of drug-likeness (QED) is 0.658. The van der Waals surface area contributed by atoms with E-state index in [2.05, 4.69) is 5.32 Å². The van der Waals surface area contributed by atoms with Crippen LogP contribution in [0.3, 0.4) is 0 Å². The first kappa shape index (κ1) is 15.0. The fourth-order valence-corrected chi connectivity index (χ4v) is 2.04. The average Bonchev–Trinajstić information content (AvgIpc) is 2.43. The minimum absolute atomic E-state index is 0.101. The van der Waals surface area contributed by atoms with Crippen molar-refractivity contribution in [3.05, 3.63) is 76.7 Å². The minimum Gasteiger partial charge on any atom is -0.359 e. The number of carbonyl (C=O) groups excluding carboxylic acids is 1. The van der Waals surface area contributed by atoms with Gasteiger partial charge in [0.05, 0.1) is 5.69 Å². The molecule has 0 atom stereocenters. The topological polar surface area (TPSA) is 29.1 Å². The number of halogens is 1. The van der Waals surface area contributed by atoms with Crippen molar-refractivity contribution in [2.45, 2.75) is 20.8 Å². The standard InChI is InChI=1S/C18H18FNO/c1-12-4-6-14(3)15(10-12)18(21)8-9-20-17-7-5-13(2)11-16(17)19/h4-11,20H,1-3H3. The molecule has 21 heavy (non-hydrogen) atoms. The summed E-state index contributed by atoms with van der Waals surface area (Å²) in [5.41, 5.74) is 3.84. The predicted octanol–water partition coefficient (Wildman–Crippen LogP) is 4.56. The van der Waals surface area contributed by atoms with Gasteiger partial charge in [-0.05, 0) is 50.1 Å². The van der Waals surface area contributed by atoms with E-state index in [0.29, 0.717) is 11.3 Å². The third-order valence-electron chi connectivity index (χ3n) is 3.26. The van der Waals surface area contributed by atoms with Crippen LogP contribution in [0.1, 0.15) is 27.0 Å². The highest BCUT2D eigenvalue weighted by Gasteiger charge is 2.06. The van der Waals surface area contributed by atoms with E-state index in [1.54, 1.807) is 6.07 Å². The summed E-state index contributed by atoms with van der Waals surface area (Å²) in [6.07, 6.45) is 2.89. The predicted molar refractivity (Wildman–Crippen MR) is 84.1 cm³/mol. The molecule has 2 aromatic rings. The molecule has 0 radical (unpaired) electrons. The number of anilines is 1. The summed E-state index contributed by atoms with van der Waals surface area (Å²) in [7, 11) is 0. The van der Waals surface area contributed by atoms with Gasteiger partial charge in [-0.3, -0.25) is 4.79 Å². The van der Waals surface area contributed by atoms with Gasteiger partial charge in [-0.2, -0.15) is 0 Å². The third kappa shape index (κ3) is 3.78. The molecule has 0 aliphatic rings. The van der Waals surface area contributed by atoms with Crippen molar-refractivity contribution in [2.75, 3.05) is 5.32 Å². The molecule has 0 fully saturated rings. The molecule has 0 aliphatic carbocycles. The molecule has 0 amide bonds. The van der Waals surface area contributed by atoms with E-state index < -0.39 is 0 Å². The first-order valence-electron chi connectivity index (χ1n) is 6.78. The first-order chi connectivity index (χ1) is 9.97. The van der Waals surface area contributed by atoms with Gasteiger partial charge in [0.25, 0.3) is 0 Å². The Hall–Kier alpha value is -2.42. The van der Waals surface area contributed by atoms with Crippen LogP contribution in [-0.2, 0) is 0 Å². The van der Waals surface area contributed by atoms with Gasteiger partial charge in [-0.25, -0.2) is 4.39 Å². The van der Waals surface area contributed by atoms with Gasteiger partial charge >= 0.3 is 0 Å². The molecule has 0 aliphatic heterocycles. The van der Waals surface area contributed by atoms with E-state index in [4.69, 9.17) is 0 Å². The van der Waals surface area contributed by atoms with Gasteiger partial charge in [-0.15, -0.1) is 0 Å². The summed E-state index contributed by atoms with van der Waals surface area (Å²) in [5.74, 6) is -0.435. The van der Waals surface area contributed by atoms with Crippen LogP contribution in [0.5, 0.6) is 0 Å². The van der Waals surface area contributed by atoms with Crippen molar-refractivity contribution >= 4 is 11.5 Å².